The molecule has 1 atom stereocenters. The van der Waals surface area contributed by atoms with Gasteiger partial charge in [-0.3, -0.25) is 0 Å². The third kappa shape index (κ3) is 6.14. The Labute approximate surface area is 127 Å². The Kier molecular flexibility index (Phi) is 7.32. The average molecular weight is 315 g/mol. The fraction of sp³-hybridized carbons (Fsp3) is 0.625. The maximum absolute atomic E-state index is 13.2. The molecule has 21 heavy (non-hydrogen) atoms. The predicted molar refractivity (Wildman–Crippen MR) is 85.7 cm³/mol. The van der Waals surface area contributed by atoms with Crippen molar-refractivity contribution in [2.45, 2.75) is 46.1 Å². The van der Waals surface area contributed by atoms with Crippen LogP contribution in [-0.4, -0.2) is 26.5 Å². The summed E-state index contributed by atoms with van der Waals surface area (Å²) in [7, 11) is -2.92. The lowest BCUT2D eigenvalue weighted by atomic mass is 9.97. The van der Waals surface area contributed by atoms with E-state index < -0.39 is 9.84 Å². The maximum atomic E-state index is 13.2. The highest BCUT2D eigenvalue weighted by molar-refractivity contribution is 7.91. The van der Waals surface area contributed by atoms with Crippen LogP contribution in [-0.2, 0) is 9.84 Å². The van der Waals surface area contributed by atoms with E-state index in [1.807, 2.05) is 6.92 Å². The van der Waals surface area contributed by atoms with Crippen LogP contribution >= 0.6 is 0 Å². The number of nitrogens with one attached hydrogen (secondary N) is 1. The standard InChI is InChI=1S/C16H26FNO2S/c1-4-10-18-16(7-6-11-21(19,20)5-2)15-9-8-14(17)12-13(15)3/h8-9,12,16,18H,4-7,10-11H2,1-3H3. The Morgan fingerprint density at radius 3 is 2.57 bits per heavy atom. The minimum atomic E-state index is -2.92. The summed E-state index contributed by atoms with van der Waals surface area (Å²) in [6.07, 6.45) is 2.37. The van der Waals surface area contributed by atoms with Gasteiger partial charge in [-0.2, -0.15) is 0 Å². The first-order valence-corrected chi connectivity index (χ1v) is 9.41. The van der Waals surface area contributed by atoms with Crippen molar-refractivity contribution in [2.75, 3.05) is 18.1 Å². The first kappa shape index (κ1) is 18.1. The Balaban J connectivity index is 2.76. The Bertz CT molecular complexity index is 543. The van der Waals surface area contributed by atoms with Crippen molar-refractivity contribution in [1.29, 1.82) is 0 Å². The van der Waals surface area contributed by atoms with Crippen LogP contribution in [0, 0.1) is 12.7 Å². The van der Waals surface area contributed by atoms with Crippen LogP contribution in [0.5, 0.6) is 0 Å². The lowest BCUT2D eigenvalue weighted by Crippen LogP contribution is -2.24. The van der Waals surface area contributed by atoms with Crippen LogP contribution in [0.15, 0.2) is 18.2 Å². The van der Waals surface area contributed by atoms with Gasteiger partial charge in [0.15, 0.2) is 0 Å². The molecule has 1 aromatic carbocycles. The average Bonchev–Trinajstić information content (AvgIpc) is 2.43. The number of hydrogen-bond acceptors (Lipinski definition) is 3. The third-order valence-electron chi connectivity index (χ3n) is 3.64. The van der Waals surface area contributed by atoms with Crippen molar-refractivity contribution < 1.29 is 12.8 Å². The van der Waals surface area contributed by atoms with Crippen LogP contribution < -0.4 is 5.32 Å². The van der Waals surface area contributed by atoms with E-state index in [9.17, 15) is 12.8 Å². The number of halogens is 1. The smallest absolute Gasteiger partial charge is 0.150 e. The molecule has 0 bridgehead atoms. The maximum Gasteiger partial charge on any atom is 0.150 e. The van der Waals surface area contributed by atoms with Crippen LogP contribution in [0.4, 0.5) is 4.39 Å². The van der Waals surface area contributed by atoms with E-state index in [1.54, 1.807) is 13.0 Å². The number of benzene rings is 1. The van der Waals surface area contributed by atoms with Crippen molar-refractivity contribution >= 4 is 9.84 Å². The van der Waals surface area contributed by atoms with Gasteiger partial charge in [0.25, 0.3) is 0 Å². The first-order valence-electron chi connectivity index (χ1n) is 7.59. The van der Waals surface area contributed by atoms with E-state index in [4.69, 9.17) is 0 Å². The molecule has 5 heteroatoms. The zero-order valence-corrected chi connectivity index (χ0v) is 14.0. The molecule has 0 amide bonds. The van der Waals surface area contributed by atoms with Gasteiger partial charge in [-0.25, -0.2) is 12.8 Å². The second-order valence-electron chi connectivity index (χ2n) is 5.39. The Morgan fingerprint density at radius 2 is 2.00 bits per heavy atom. The fourth-order valence-electron chi connectivity index (χ4n) is 2.37. The van der Waals surface area contributed by atoms with Gasteiger partial charge in [0.1, 0.15) is 15.7 Å². The van der Waals surface area contributed by atoms with Crippen LogP contribution in [0.2, 0.25) is 0 Å². The van der Waals surface area contributed by atoms with Gasteiger partial charge >= 0.3 is 0 Å². The van der Waals surface area contributed by atoms with E-state index in [-0.39, 0.29) is 23.4 Å². The normalized spacial score (nSPS) is 13.3. The highest BCUT2D eigenvalue weighted by atomic mass is 32.2. The summed E-state index contributed by atoms with van der Waals surface area (Å²) in [6.45, 7) is 6.51. The summed E-state index contributed by atoms with van der Waals surface area (Å²) >= 11 is 0. The summed E-state index contributed by atoms with van der Waals surface area (Å²) in [5.74, 6) is 0.169. The Morgan fingerprint density at radius 1 is 1.29 bits per heavy atom. The lowest BCUT2D eigenvalue weighted by Gasteiger charge is -2.21. The number of hydrogen-bond donors (Lipinski definition) is 1. The molecule has 0 radical (unpaired) electrons. The number of rotatable bonds is 9. The monoisotopic (exact) mass is 315 g/mol. The van der Waals surface area contributed by atoms with Crippen molar-refractivity contribution in [3.8, 4) is 0 Å². The highest BCUT2D eigenvalue weighted by Gasteiger charge is 2.15. The second kappa shape index (κ2) is 8.49. The van der Waals surface area contributed by atoms with Gasteiger partial charge < -0.3 is 5.32 Å². The third-order valence-corrected chi connectivity index (χ3v) is 5.43. The lowest BCUT2D eigenvalue weighted by molar-refractivity contribution is 0.489. The minimum absolute atomic E-state index is 0.0811. The van der Waals surface area contributed by atoms with Crippen molar-refractivity contribution in [3.63, 3.8) is 0 Å². The molecule has 0 saturated heterocycles. The van der Waals surface area contributed by atoms with Gasteiger partial charge in [0.05, 0.1) is 5.75 Å². The molecule has 0 saturated carbocycles. The molecular formula is C16H26FNO2S. The zero-order chi connectivity index (χ0) is 15.9. The van der Waals surface area contributed by atoms with Crippen LogP contribution in [0.1, 0.15) is 50.3 Å². The van der Waals surface area contributed by atoms with Crippen molar-refractivity contribution in [3.05, 3.63) is 35.1 Å². The number of sulfone groups is 1. The minimum Gasteiger partial charge on any atom is -0.310 e. The van der Waals surface area contributed by atoms with Crippen molar-refractivity contribution in [2.24, 2.45) is 0 Å². The molecule has 0 heterocycles. The summed E-state index contributed by atoms with van der Waals surface area (Å²) in [5, 5.41) is 3.43. The Hall–Kier alpha value is -0.940. The van der Waals surface area contributed by atoms with E-state index >= 15 is 0 Å². The van der Waals surface area contributed by atoms with E-state index in [2.05, 4.69) is 12.2 Å². The molecule has 0 spiro atoms. The zero-order valence-electron chi connectivity index (χ0n) is 13.2. The highest BCUT2D eigenvalue weighted by Crippen LogP contribution is 2.23. The first-order chi connectivity index (χ1) is 9.89. The molecule has 0 aliphatic carbocycles. The molecule has 120 valence electrons. The van der Waals surface area contributed by atoms with Crippen LogP contribution in [0.25, 0.3) is 0 Å². The number of aryl methyl sites for hydroxylation is 1. The molecular weight excluding hydrogens is 289 g/mol. The van der Waals surface area contributed by atoms with Crippen LogP contribution in [0.3, 0.4) is 0 Å². The molecule has 1 aromatic rings. The molecule has 1 unspecified atom stereocenters. The second-order valence-corrected chi connectivity index (χ2v) is 7.86. The molecule has 1 rings (SSSR count). The molecule has 1 N–H and O–H groups in total. The fourth-order valence-corrected chi connectivity index (χ4v) is 3.26. The summed E-state index contributed by atoms with van der Waals surface area (Å²) in [4.78, 5) is 0. The van der Waals surface area contributed by atoms with Gasteiger partial charge in [0.2, 0.25) is 0 Å². The van der Waals surface area contributed by atoms with Gasteiger partial charge in [0, 0.05) is 11.8 Å². The molecule has 0 aliphatic heterocycles. The quantitative estimate of drug-likeness (QED) is 0.760. The topological polar surface area (TPSA) is 46.2 Å². The molecule has 0 aliphatic rings. The van der Waals surface area contributed by atoms with E-state index in [0.717, 1.165) is 30.5 Å². The molecule has 0 aromatic heterocycles. The summed E-state index contributed by atoms with van der Waals surface area (Å²) in [5.41, 5.74) is 1.96. The summed E-state index contributed by atoms with van der Waals surface area (Å²) < 4.78 is 36.4. The largest absolute Gasteiger partial charge is 0.310 e. The van der Waals surface area contributed by atoms with Crippen molar-refractivity contribution in [1.82, 2.24) is 5.32 Å². The SMILES string of the molecule is CCCNC(CCCS(=O)(=O)CC)c1ccc(F)cc1C. The summed E-state index contributed by atoms with van der Waals surface area (Å²) in [6, 6.07) is 4.87. The molecule has 3 nitrogen and oxygen atoms in total. The van der Waals surface area contributed by atoms with E-state index in [0.29, 0.717) is 6.42 Å². The van der Waals surface area contributed by atoms with E-state index in [1.165, 1.54) is 12.1 Å². The molecule has 0 fully saturated rings. The van der Waals surface area contributed by atoms with Gasteiger partial charge in [-0.1, -0.05) is 19.9 Å². The predicted octanol–water partition coefficient (Wildman–Crippen LogP) is 3.39. The van der Waals surface area contributed by atoms with Gasteiger partial charge in [-0.05, 0) is 56.0 Å². The van der Waals surface area contributed by atoms with Gasteiger partial charge in [-0.15, -0.1) is 0 Å².